The summed E-state index contributed by atoms with van der Waals surface area (Å²) in [7, 11) is 0. The smallest absolute Gasteiger partial charge is 0.244 e. The molecule has 94 valence electrons. The predicted molar refractivity (Wildman–Crippen MR) is 65.2 cm³/mol. The third kappa shape index (κ3) is 2.85. The van der Waals surface area contributed by atoms with Crippen LogP contribution in [0.1, 0.15) is 26.2 Å². The Morgan fingerprint density at radius 2 is 2.41 bits per heavy atom. The number of nitrogens with zero attached hydrogens (tertiary/aromatic N) is 3. The molecule has 1 amide bonds. The molecule has 0 aliphatic carbocycles. The monoisotopic (exact) mass is 236 g/mol. The van der Waals surface area contributed by atoms with Crippen LogP contribution in [0.4, 0.5) is 0 Å². The van der Waals surface area contributed by atoms with Crippen molar-refractivity contribution in [2.24, 2.45) is 5.73 Å². The van der Waals surface area contributed by atoms with Crippen LogP contribution in [-0.4, -0.2) is 39.2 Å². The van der Waals surface area contributed by atoms with Gasteiger partial charge in [-0.15, -0.1) is 0 Å². The maximum absolute atomic E-state index is 12.2. The highest BCUT2D eigenvalue weighted by Crippen LogP contribution is 2.19. The minimum Gasteiger partial charge on any atom is -0.337 e. The molecule has 1 aromatic rings. The molecule has 2 atom stereocenters. The van der Waals surface area contributed by atoms with E-state index in [0.717, 1.165) is 25.8 Å². The lowest BCUT2D eigenvalue weighted by Gasteiger charge is -2.38. The summed E-state index contributed by atoms with van der Waals surface area (Å²) in [5, 5.41) is 4.06. The molecule has 1 aliphatic rings. The van der Waals surface area contributed by atoms with Gasteiger partial charge in [0, 0.05) is 31.0 Å². The van der Waals surface area contributed by atoms with Crippen LogP contribution >= 0.6 is 0 Å². The molecular formula is C12H20N4O. The molecule has 17 heavy (non-hydrogen) atoms. The zero-order valence-electron chi connectivity index (χ0n) is 10.2. The molecule has 2 rings (SSSR count). The molecule has 5 nitrogen and oxygen atoms in total. The molecule has 2 N–H and O–H groups in total. The summed E-state index contributed by atoms with van der Waals surface area (Å²) in [6.45, 7) is 3.12. The Morgan fingerprint density at radius 3 is 3.06 bits per heavy atom. The summed E-state index contributed by atoms with van der Waals surface area (Å²) < 4.78 is 1.66. The van der Waals surface area contributed by atoms with E-state index in [2.05, 4.69) is 5.10 Å². The lowest BCUT2D eigenvalue weighted by Crippen LogP contribution is -2.52. The van der Waals surface area contributed by atoms with Crippen molar-refractivity contribution in [3.8, 4) is 0 Å². The second-order valence-electron chi connectivity index (χ2n) is 4.71. The Morgan fingerprint density at radius 1 is 1.59 bits per heavy atom. The van der Waals surface area contributed by atoms with E-state index in [1.54, 1.807) is 10.9 Å². The van der Waals surface area contributed by atoms with E-state index in [9.17, 15) is 4.79 Å². The maximum Gasteiger partial charge on any atom is 0.244 e. The minimum absolute atomic E-state index is 0.0388. The van der Waals surface area contributed by atoms with Crippen LogP contribution in [0.2, 0.25) is 0 Å². The molecule has 0 radical (unpaired) electrons. The molecule has 1 fully saturated rings. The predicted octanol–water partition coefficient (Wildman–Crippen LogP) is 0.611. The minimum atomic E-state index is 0.0388. The first-order chi connectivity index (χ1) is 8.18. The molecule has 1 aliphatic heterocycles. The first-order valence-corrected chi connectivity index (χ1v) is 6.21. The number of hydrogen-bond acceptors (Lipinski definition) is 3. The van der Waals surface area contributed by atoms with Gasteiger partial charge in [-0.3, -0.25) is 9.48 Å². The van der Waals surface area contributed by atoms with Gasteiger partial charge in [-0.2, -0.15) is 5.10 Å². The molecule has 0 spiro atoms. The van der Waals surface area contributed by atoms with Crippen LogP contribution in [0.25, 0.3) is 0 Å². The van der Waals surface area contributed by atoms with Crippen molar-refractivity contribution in [2.45, 2.75) is 44.8 Å². The molecule has 0 aromatic carbocycles. The van der Waals surface area contributed by atoms with E-state index >= 15 is 0 Å². The van der Waals surface area contributed by atoms with E-state index in [-0.39, 0.29) is 18.0 Å². The van der Waals surface area contributed by atoms with Crippen molar-refractivity contribution < 1.29 is 4.79 Å². The zero-order chi connectivity index (χ0) is 12.3. The lowest BCUT2D eigenvalue weighted by atomic mass is 9.97. The molecule has 0 saturated carbocycles. The average molecular weight is 236 g/mol. The number of rotatable bonds is 3. The van der Waals surface area contributed by atoms with Gasteiger partial charge in [0.15, 0.2) is 0 Å². The fourth-order valence-corrected chi connectivity index (χ4v) is 2.44. The highest BCUT2D eigenvalue weighted by Gasteiger charge is 2.29. The van der Waals surface area contributed by atoms with E-state index in [4.69, 9.17) is 5.73 Å². The summed E-state index contributed by atoms with van der Waals surface area (Å²) in [5.41, 5.74) is 5.95. The number of carbonyl (C=O) groups excluding carboxylic acids is 1. The quantitative estimate of drug-likeness (QED) is 0.836. The molecule has 0 bridgehead atoms. The standard InChI is InChI=1S/C12H20N4O/c1-10(13)11-5-2-3-8-16(11)12(17)9-15-7-4-6-14-15/h4,6-7,10-11H,2-3,5,8-9,13H2,1H3. The largest absolute Gasteiger partial charge is 0.337 e. The number of piperidine rings is 1. The van der Waals surface area contributed by atoms with Crippen molar-refractivity contribution in [1.29, 1.82) is 0 Å². The Kier molecular flexibility index (Phi) is 3.78. The van der Waals surface area contributed by atoms with Gasteiger partial charge in [0.2, 0.25) is 5.91 Å². The van der Waals surface area contributed by atoms with Gasteiger partial charge >= 0.3 is 0 Å². The van der Waals surface area contributed by atoms with Crippen LogP contribution in [-0.2, 0) is 11.3 Å². The van der Waals surface area contributed by atoms with Crippen molar-refractivity contribution in [1.82, 2.24) is 14.7 Å². The second-order valence-corrected chi connectivity index (χ2v) is 4.71. The van der Waals surface area contributed by atoms with Crippen molar-refractivity contribution in [3.63, 3.8) is 0 Å². The Labute approximate surface area is 102 Å². The van der Waals surface area contributed by atoms with Gasteiger partial charge in [-0.25, -0.2) is 0 Å². The number of nitrogens with two attached hydrogens (primary N) is 1. The highest BCUT2D eigenvalue weighted by molar-refractivity contribution is 5.76. The Balaban J connectivity index is 2.01. The number of hydrogen-bond donors (Lipinski definition) is 1. The van der Waals surface area contributed by atoms with E-state index < -0.39 is 0 Å². The van der Waals surface area contributed by atoms with E-state index in [0.29, 0.717) is 6.54 Å². The Hall–Kier alpha value is -1.36. The van der Waals surface area contributed by atoms with Crippen LogP contribution in [0.5, 0.6) is 0 Å². The molecule has 2 unspecified atom stereocenters. The summed E-state index contributed by atoms with van der Waals surface area (Å²) in [6.07, 6.45) is 6.75. The molecular weight excluding hydrogens is 216 g/mol. The van der Waals surface area contributed by atoms with Crippen molar-refractivity contribution in [3.05, 3.63) is 18.5 Å². The third-order valence-corrected chi connectivity index (χ3v) is 3.33. The second kappa shape index (κ2) is 5.31. The number of aromatic nitrogens is 2. The fraction of sp³-hybridized carbons (Fsp3) is 0.667. The first-order valence-electron chi connectivity index (χ1n) is 6.21. The fourth-order valence-electron chi connectivity index (χ4n) is 2.44. The van der Waals surface area contributed by atoms with Crippen LogP contribution in [0, 0.1) is 0 Å². The van der Waals surface area contributed by atoms with Crippen LogP contribution in [0.15, 0.2) is 18.5 Å². The number of amides is 1. The summed E-state index contributed by atoms with van der Waals surface area (Å²) in [6, 6.07) is 2.05. The Bertz CT molecular complexity index is 361. The molecule has 1 saturated heterocycles. The maximum atomic E-state index is 12.2. The van der Waals surface area contributed by atoms with Gasteiger partial charge in [-0.05, 0) is 32.3 Å². The molecule has 5 heteroatoms. The SMILES string of the molecule is CC(N)C1CCCCN1C(=O)Cn1cccn1. The normalized spacial score (nSPS) is 22.5. The van der Waals surface area contributed by atoms with Crippen LogP contribution in [0.3, 0.4) is 0 Å². The number of carbonyl (C=O) groups is 1. The topological polar surface area (TPSA) is 64.2 Å². The van der Waals surface area contributed by atoms with E-state index in [1.165, 1.54) is 0 Å². The lowest BCUT2D eigenvalue weighted by molar-refractivity contribution is -0.136. The van der Waals surface area contributed by atoms with Gasteiger partial charge < -0.3 is 10.6 Å². The molecule has 1 aromatic heterocycles. The van der Waals surface area contributed by atoms with Gasteiger partial charge in [0.05, 0.1) is 0 Å². The van der Waals surface area contributed by atoms with Gasteiger partial charge in [0.1, 0.15) is 6.54 Å². The summed E-state index contributed by atoms with van der Waals surface area (Å²) in [4.78, 5) is 14.1. The highest BCUT2D eigenvalue weighted by atomic mass is 16.2. The first kappa shape index (κ1) is 12.1. The average Bonchev–Trinajstić information content (AvgIpc) is 2.81. The summed E-state index contributed by atoms with van der Waals surface area (Å²) >= 11 is 0. The zero-order valence-corrected chi connectivity index (χ0v) is 10.2. The van der Waals surface area contributed by atoms with Crippen LogP contribution < -0.4 is 5.73 Å². The van der Waals surface area contributed by atoms with Crippen molar-refractivity contribution >= 4 is 5.91 Å². The van der Waals surface area contributed by atoms with Gasteiger partial charge in [-0.1, -0.05) is 0 Å². The van der Waals surface area contributed by atoms with E-state index in [1.807, 2.05) is 24.1 Å². The molecule has 2 heterocycles. The van der Waals surface area contributed by atoms with Crippen molar-refractivity contribution in [2.75, 3.05) is 6.54 Å². The third-order valence-electron chi connectivity index (χ3n) is 3.33. The van der Waals surface area contributed by atoms with Gasteiger partial charge in [0.25, 0.3) is 0 Å². The number of likely N-dealkylation sites (tertiary alicyclic amines) is 1. The summed E-state index contributed by atoms with van der Waals surface area (Å²) in [5.74, 6) is 0.121.